The van der Waals surface area contributed by atoms with Crippen molar-refractivity contribution in [3.63, 3.8) is 0 Å². The minimum atomic E-state index is -0.741. The largest absolute Gasteiger partial charge is 0.359 e. The molecular formula is C21H28BrNO4. The van der Waals surface area contributed by atoms with Gasteiger partial charge in [-0.1, -0.05) is 41.1 Å². The van der Waals surface area contributed by atoms with Gasteiger partial charge in [-0.25, -0.2) is 9.78 Å². The van der Waals surface area contributed by atoms with Crippen molar-refractivity contribution in [1.29, 1.82) is 0 Å². The SMILES string of the molecule is C[C@@H]1CC[C@H]2[C@](C)(Br)[C@@H](Nc3ccccc3)O[C@@H]3O[C@]4(C)CC[C@@H]1[C@]32OO4. The van der Waals surface area contributed by atoms with Crippen LogP contribution in [0.4, 0.5) is 5.69 Å². The number of fused-ring (bicyclic) bond motifs is 2. The Kier molecular flexibility index (Phi) is 4.20. The van der Waals surface area contributed by atoms with Crippen molar-refractivity contribution < 1.29 is 19.2 Å². The van der Waals surface area contributed by atoms with Crippen LogP contribution in [0.5, 0.6) is 0 Å². The molecule has 1 N–H and O–H groups in total. The lowest BCUT2D eigenvalue weighted by Crippen LogP contribution is -2.74. The number of benzene rings is 1. The number of alkyl halides is 1. The molecule has 1 spiro atoms. The molecule has 4 saturated heterocycles. The number of anilines is 1. The fourth-order valence-electron chi connectivity index (χ4n) is 5.74. The number of halogens is 1. The van der Waals surface area contributed by atoms with Crippen LogP contribution in [0.15, 0.2) is 30.3 Å². The van der Waals surface area contributed by atoms with Gasteiger partial charge in [-0.15, -0.1) is 0 Å². The number of nitrogens with one attached hydrogen (secondary N) is 1. The lowest BCUT2D eigenvalue weighted by molar-refractivity contribution is -0.568. The molecule has 6 rings (SSSR count). The van der Waals surface area contributed by atoms with Crippen LogP contribution in [0.25, 0.3) is 0 Å². The second-order valence-electron chi connectivity index (χ2n) is 9.03. The number of hydrogen-bond acceptors (Lipinski definition) is 5. The minimum absolute atomic E-state index is 0.216. The molecule has 4 heterocycles. The van der Waals surface area contributed by atoms with Gasteiger partial charge in [0.05, 0.1) is 4.32 Å². The second kappa shape index (κ2) is 6.17. The Morgan fingerprint density at radius 3 is 2.63 bits per heavy atom. The molecule has 4 aliphatic heterocycles. The average molecular weight is 438 g/mol. The van der Waals surface area contributed by atoms with Crippen molar-refractivity contribution >= 4 is 21.6 Å². The standard InChI is InChI=1S/C21H28BrNO4/c1-13-9-10-16-20(3,22)17(23-14-7-5-4-6-8-14)24-18-21(16)15(13)11-12-19(2,25-18)26-27-21/h4-8,13,15-18,23H,9-12H2,1-3H3/t13-,15+,16+,17+,18-,19+,20+,21-/m1/s1. The van der Waals surface area contributed by atoms with Crippen LogP contribution in [-0.4, -0.2) is 28.2 Å². The topological polar surface area (TPSA) is 49.0 Å². The summed E-state index contributed by atoms with van der Waals surface area (Å²) in [4.78, 5) is 12.1. The summed E-state index contributed by atoms with van der Waals surface area (Å²) in [6, 6.07) is 10.2. The van der Waals surface area contributed by atoms with Crippen molar-refractivity contribution in [3.05, 3.63) is 30.3 Å². The van der Waals surface area contributed by atoms with Gasteiger partial charge in [-0.2, -0.15) is 0 Å². The van der Waals surface area contributed by atoms with Crippen LogP contribution in [-0.2, 0) is 19.2 Å². The number of rotatable bonds is 2. The molecule has 1 aromatic carbocycles. The number of hydrogen-bond donors (Lipinski definition) is 1. The Hall–Kier alpha value is -0.660. The van der Waals surface area contributed by atoms with Gasteiger partial charge in [0.1, 0.15) is 6.23 Å². The minimum Gasteiger partial charge on any atom is -0.359 e. The number of para-hydroxylation sites is 1. The molecule has 27 heavy (non-hydrogen) atoms. The summed E-state index contributed by atoms with van der Waals surface area (Å²) in [5.41, 5.74) is 0.466. The second-order valence-corrected chi connectivity index (χ2v) is 10.7. The van der Waals surface area contributed by atoms with Crippen LogP contribution >= 0.6 is 15.9 Å². The van der Waals surface area contributed by atoms with E-state index >= 15 is 0 Å². The van der Waals surface area contributed by atoms with E-state index in [0.717, 1.165) is 24.9 Å². The Balaban J connectivity index is 1.55. The molecule has 5 fully saturated rings. The lowest BCUT2D eigenvalue weighted by atomic mass is 9.58. The Morgan fingerprint density at radius 1 is 1.07 bits per heavy atom. The first kappa shape index (κ1) is 18.4. The van der Waals surface area contributed by atoms with Gasteiger partial charge in [0.2, 0.25) is 5.79 Å². The lowest BCUT2D eigenvalue weighted by Gasteiger charge is -2.62. The normalized spacial score (nSPS) is 51.3. The highest BCUT2D eigenvalue weighted by molar-refractivity contribution is 9.10. The quantitative estimate of drug-likeness (QED) is 0.530. The summed E-state index contributed by atoms with van der Waals surface area (Å²) in [6.07, 6.45) is 3.42. The number of ether oxygens (including phenoxy) is 2. The maximum absolute atomic E-state index is 6.58. The van der Waals surface area contributed by atoms with E-state index in [9.17, 15) is 0 Å². The van der Waals surface area contributed by atoms with E-state index in [1.54, 1.807) is 0 Å². The van der Waals surface area contributed by atoms with E-state index in [4.69, 9.17) is 19.2 Å². The van der Waals surface area contributed by atoms with Gasteiger partial charge in [0, 0.05) is 18.0 Å². The van der Waals surface area contributed by atoms with Crippen molar-refractivity contribution in [1.82, 2.24) is 0 Å². The monoisotopic (exact) mass is 437 g/mol. The maximum Gasteiger partial charge on any atom is 0.201 e. The molecule has 1 saturated carbocycles. The van der Waals surface area contributed by atoms with Crippen molar-refractivity contribution in [3.8, 4) is 0 Å². The zero-order valence-corrected chi connectivity index (χ0v) is 17.7. The molecule has 1 aliphatic carbocycles. The molecule has 0 aromatic heterocycles. The van der Waals surface area contributed by atoms with E-state index in [1.807, 2.05) is 25.1 Å². The van der Waals surface area contributed by atoms with Gasteiger partial charge in [-0.05, 0) is 57.1 Å². The fourth-order valence-corrected chi connectivity index (χ4v) is 6.55. The molecule has 0 unspecified atom stereocenters. The third-order valence-corrected chi connectivity index (χ3v) is 8.21. The molecule has 0 amide bonds. The van der Waals surface area contributed by atoms with E-state index in [2.05, 4.69) is 47.2 Å². The summed E-state index contributed by atoms with van der Waals surface area (Å²) < 4.78 is 12.7. The summed E-state index contributed by atoms with van der Waals surface area (Å²) >= 11 is 4.04. The molecule has 5 aliphatic rings. The molecular weight excluding hydrogens is 410 g/mol. The van der Waals surface area contributed by atoms with E-state index in [0.29, 0.717) is 11.8 Å². The highest BCUT2D eigenvalue weighted by atomic mass is 79.9. The van der Waals surface area contributed by atoms with Crippen molar-refractivity contribution in [2.24, 2.45) is 17.8 Å². The zero-order valence-electron chi connectivity index (χ0n) is 16.1. The first-order valence-corrected chi connectivity index (χ1v) is 10.8. The van der Waals surface area contributed by atoms with Gasteiger partial charge >= 0.3 is 0 Å². The third-order valence-electron chi connectivity index (χ3n) is 7.24. The van der Waals surface area contributed by atoms with E-state index < -0.39 is 17.7 Å². The fraction of sp³-hybridized carbons (Fsp3) is 0.714. The van der Waals surface area contributed by atoms with Crippen molar-refractivity contribution in [2.45, 2.75) is 74.7 Å². The molecule has 0 radical (unpaired) electrons. The molecule has 1 aromatic rings. The van der Waals surface area contributed by atoms with Crippen LogP contribution in [0.3, 0.4) is 0 Å². The zero-order chi connectivity index (χ0) is 18.9. The maximum atomic E-state index is 6.58. The predicted octanol–water partition coefficient (Wildman–Crippen LogP) is 4.82. The predicted molar refractivity (Wildman–Crippen MR) is 105 cm³/mol. The Labute approximate surface area is 169 Å². The van der Waals surface area contributed by atoms with Crippen LogP contribution < -0.4 is 5.32 Å². The average Bonchev–Trinajstić information content (AvgIpc) is 2.86. The van der Waals surface area contributed by atoms with Crippen LogP contribution in [0.1, 0.15) is 46.5 Å². The van der Waals surface area contributed by atoms with Gasteiger partial charge in [-0.3, -0.25) is 0 Å². The molecule has 2 bridgehead atoms. The highest BCUT2D eigenvalue weighted by Gasteiger charge is 2.72. The molecule has 5 nitrogen and oxygen atoms in total. The summed E-state index contributed by atoms with van der Waals surface area (Å²) in [5, 5.41) is 3.56. The van der Waals surface area contributed by atoms with Crippen molar-refractivity contribution in [2.75, 3.05) is 5.32 Å². The molecule has 8 atom stereocenters. The van der Waals surface area contributed by atoms with Gasteiger partial charge in [0.15, 0.2) is 11.9 Å². The van der Waals surface area contributed by atoms with E-state index in [1.165, 1.54) is 6.42 Å². The van der Waals surface area contributed by atoms with E-state index in [-0.39, 0.29) is 16.5 Å². The summed E-state index contributed by atoms with van der Waals surface area (Å²) in [7, 11) is 0. The van der Waals surface area contributed by atoms with Gasteiger partial charge in [0.25, 0.3) is 0 Å². The Bertz CT molecular complexity index is 715. The molecule has 6 heteroatoms. The van der Waals surface area contributed by atoms with Crippen LogP contribution in [0, 0.1) is 17.8 Å². The Morgan fingerprint density at radius 2 is 1.85 bits per heavy atom. The first-order chi connectivity index (χ1) is 12.9. The highest BCUT2D eigenvalue weighted by Crippen LogP contribution is 2.63. The van der Waals surface area contributed by atoms with Gasteiger partial charge < -0.3 is 14.8 Å². The summed E-state index contributed by atoms with van der Waals surface area (Å²) in [6.45, 7) is 6.50. The first-order valence-electron chi connectivity index (χ1n) is 10.1. The smallest absolute Gasteiger partial charge is 0.201 e. The summed E-state index contributed by atoms with van der Waals surface area (Å²) in [5.74, 6) is 0.394. The molecule has 148 valence electrons. The third kappa shape index (κ3) is 2.64. The van der Waals surface area contributed by atoms with Crippen LogP contribution in [0.2, 0.25) is 0 Å².